The molecule has 0 bridgehead atoms. The molecule has 1 aliphatic heterocycles. The molecule has 2 atom stereocenters. The first-order valence-electron chi connectivity index (χ1n) is 4.59. The summed E-state index contributed by atoms with van der Waals surface area (Å²) < 4.78 is 5.19. The Morgan fingerprint density at radius 3 is 2.64 bits per heavy atom. The molecule has 1 saturated carbocycles. The number of epoxide rings is 1. The first-order chi connectivity index (χ1) is 5.27. The highest BCUT2D eigenvalue weighted by molar-refractivity contribution is 4.86. The van der Waals surface area contributed by atoms with Gasteiger partial charge in [0.15, 0.2) is 0 Å². The van der Waals surface area contributed by atoms with E-state index in [4.69, 9.17) is 4.74 Å². The highest BCUT2D eigenvalue weighted by atomic mass is 16.6. The Labute approximate surface area is 68.5 Å². The molecule has 2 heteroatoms. The molecule has 1 heterocycles. The van der Waals surface area contributed by atoms with Gasteiger partial charge in [-0.3, -0.25) is 0 Å². The molecule has 2 unspecified atom stereocenters. The second-order valence-corrected chi connectivity index (χ2v) is 3.97. The SMILES string of the molecule is CC(C1CC1)N(C)CC1CO1. The number of hydrogen-bond donors (Lipinski definition) is 0. The van der Waals surface area contributed by atoms with E-state index in [9.17, 15) is 0 Å². The third-order valence-corrected chi connectivity index (χ3v) is 2.89. The van der Waals surface area contributed by atoms with Crippen molar-refractivity contribution in [2.24, 2.45) is 5.92 Å². The molecule has 0 amide bonds. The molecule has 1 aliphatic carbocycles. The van der Waals surface area contributed by atoms with E-state index in [2.05, 4.69) is 18.9 Å². The summed E-state index contributed by atoms with van der Waals surface area (Å²) >= 11 is 0. The lowest BCUT2D eigenvalue weighted by atomic mass is 10.2. The summed E-state index contributed by atoms with van der Waals surface area (Å²) in [6, 6.07) is 0.777. The van der Waals surface area contributed by atoms with E-state index in [1.54, 1.807) is 0 Å². The van der Waals surface area contributed by atoms with E-state index in [1.807, 2.05) is 0 Å². The summed E-state index contributed by atoms with van der Waals surface area (Å²) in [7, 11) is 2.21. The van der Waals surface area contributed by atoms with Crippen LogP contribution in [-0.2, 0) is 4.74 Å². The summed E-state index contributed by atoms with van der Waals surface area (Å²) in [6.07, 6.45) is 3.44. The fourth-order valence-corrected chi connectivity index (χ4v) is 1.60. The van der Waals surface area contributed by atoms with Crippen molar-refractivity contribution in [1.82, 2.24) is 4.90 Å². The summed E-state index contributed by atoms with van der Waals surface area (Å²) in [5.74, 6) is 0.985. The van der Waals surface area contributed by atoms with Crippen LogP contribution in [0.3, 0.4) is 0 Å². The lowest BCUT2D eigenvalue weighted by Gasteiger charge is -2.23. The van der Waals surface area contributed by atoms with Crippen molar-refractivity contribution >= 4 is 0 Å². The van der Waals surface area contributed by atoms with E-state index in [0.717, 1.165) is 25.1 Å². The van der Waals surface area contributed by atoms with Gasteiger partial charge in [0.1, 0.15) is 0 Å². The fraction of sp³-hybridized carbons (Fsp3) is 1.00. The number of ether oxygens (including phenoxy) is 1. The van der Waals surface area contributed by atoms with E-state index in [-0.39, 0.29) is 0 Å². The number of hydrogen-bond acceptors (Lipinski definition) is 2. The lowest BCUT2D eigenvalue weighted by molar-refractivity contribution is 0.211. The minimum atomic E-state index is 0.557. The van der Waals surface area contributed by atoms with E-state index < -0.39 is 0 Å². The number of likely N-dealkylation sites (N-methyl/N-ethyl adjacent to an activating group) is 1. The Morgan fingerprint density at radius 1 is 1.55 bits per heavy atom. The van der Waals surface area contributed by atoms with E-state index in [0.29, 0.717) is 6.10 Å². The molecule has 0 aromatic rings. The number of nitrogens with zero attached hydrogens (tertiary/aromatic N) is 1. The molecule has 0 spiro atoms. The molecule has 2 fully saturated rings. The Balaban J connectivity index is 1.72. The van der Waals surface area contributed by atoms with Crippen LogP contribution in [0.1, 0.15) is 19.8 Å². The van der Waals surface area contributed by atoms with Gasteiger partial charge in [0, 0.05) is 12.6 Å². The third kappa shape index (κ3) is 1.94. The van der Waals surface area contributed by atoms with Crippen LogP contribution in [0.5, 0.6) is 0 Å². The van der Waals surface area contributed by atoms with Crippen LogP contribution in [0.4, 0.5) is 0 Å². The molecule has 0 aromatic carbocycles. The number of rotatable bonds is 4. The highest BCUT2D eigenvalue weighted by Crippen LogP contribution is 2.34. The van der Waals surface area contributed by atoms with Crippen molar-refractivity contribution in [3.05, 3.63) is 0 Å². The second-order valence-electron chi connectivity index (χ2n) is 3.97. The molecule has 64 valence electrons. The molecule has 0 aromatic heterocycles. The Morgan fingerprint density at radius 2 is 2.18 bits per heavy atom. The Bertz CT molecular complexity index is 140. The summed E-state index contributed by atoms with van der Waals surface area (Å²) in [5, 5.41) is 0. The van der Waals surface area contributed by atoms with Crippen LogP contribution in [0.25, 0.3) is 0 Å². The van der Waals surface area contributed by atoms with Gasteiger partial charge in [0.2, 0.25) is 0 Å². The van der Waals surface area contributed by atoms with Gasteiger partial charge in [0.05, 0.1) is 12.7 Å². The summed E-state index contributed by atoms with van der Waals surface area (Å²) in [4.78, 5) is 2.44. The first kappa shape index (κ1) is 7.56. The minimum Gasteiger partial charge on any atom is -0.372 e. The molecule has 2 nitrogen and oxygen atoms in total. The zero-order chi connectivity index (χ0) is 7.84. The van der Waals surface area contributed by atoms with Gasteiger partial charge in [-0.1, -0.05) is 0 Å². The molecular weight excluding hydrogens is 138 g/mol. The predicted octanol–water partition coefficient (Wildman–Crippen LogP) is 1.12. The fourth-order valence-electron chi connectivity index (χ4n) is 1.60. The lowest BCUT2D eigenvalue weighted by Crippen LogP contribution is -2.33. The average Bonchev–Trinajstić information content (AvgIpc) is 2.81. The zero-order valence-corrected chi connectivity index (χ0v) is 7.42. The largest absolute Gasteiger partial charge is 0.372 e. The van der Waals surface area contributed by atoms with Crippen molar-refractivity contribution in [3.8, 4) is 0 Å². The van der Waals surface area contributed by atoms with Gasteiger partial charge in [-0.15, -0.1) is 0 Å². The smallest absolute Gasteiger partial charge is 0.0936 e. The Hall–Kier alpha value is -0.0800. The van der Waals surface area contributed by atoms with Crippen molar-refractivity contribution in [1.29, 1.82) is 0 Å². The van der Waals surface area contributed by atoms with Gasteiger partial charge >= 0.3 is 0 Å². The second kappa shape index (κ2) is 2.76. The molecule has 2 aliphatic rings. The molecule has 2 rings (SSSR count). The van der Waals surface area contributed by atoms with Gasteiger partial charge in [0.25, 0.3) is 0 Å². The predicted molar refractivity (Wildman–Crippen MR) is 44.6 cm³/mol. The van der Waals surface area contributed by atoms with Crippen molar-refractivity contribution < 1.29 is 4.74 Å². The topological polar surface area (TPSA) is 15.8 Å². The maximum atomic E-state index is 5.19. The quantitative estimate of drug-likeness (QED) is 0.565. The van der Waals surface area contributed by atoms with Crippen LogP contribution < -0.4 is 0 Å². The van der Waals surface area contributed by atoms with Crippen LogP contribution in [-0.4, -0.2) is 37.2 Å². The molecular formula is C9H17NO. The highest BCUT2D eigenvalue weighted by Gasteiger charge is 2.33. The summed E-state index contributed by atoms with van der Waals surface area (Å²) in [5.41, 5.74) is 0. The Kier molecular flexibility index (Phi) is 1.90. The van der Waals surface area contributed by atoms with Crippen molar-refractivity contribution in [3.63, 3.8) is 0 Å². The van der Waals surface area contributed by atoms with E-state index >= 15 is 0 Å². The van der Waals surface area contributed by atoms with Gasteiger partial charge in [-0.2, -0.15) is 0 Å². The molecule has 0 radical (unpaired) electrons. The zero-order valence-electron chi connectivity index (χ0n) is 7.42. The van der Waals surface area contributed by atoms with Crippen molar-refractivity contribution in [2.45, 2.75) is 31.9 Å². The normalized spacial score (nSPS) is 32.5. The van der Waals surface area contributed by atoms with Crippen LogP contribution in [0.2, 0.25) is 0 Å². The summed E-state index contributed by atoms with van der Waals surface area (Å²) in [6.45, 7) is 4.46. The van der Waals surface area contributed by atoms with Crippen LogP contribution in [0.15, 0.2) is 0 Å². The maximum absolute atomic E-state index is 5.19. The van der Waals surface area contributed by atoms with Crippen molar-refractivity contribution in [2.75, 3.05) is 20.2 Å². The van der Waals surface area contributed by atoms with Crippen LogP contribution >= 0.6 is 0 Å². The molecule has 1 saturated heterocycles. The third-order valence-electron chi connectivity index (χ3n) is 2.89. The molecule has 0 N–H and O–H groups in total. The van der Waals surface area contributed by atoms with Crippen LogP contribution in [0, 0.1) is 5.92 Å². The van der Waals surface area contributed by atoms with E-state index in [1.165, 1.54) is 12.8 Å². The van der Waals surface area contributed by atoms with Gasteiger partial charge in [-0.25, -0.2) is 0 Å². The standard InChI is InChI=1S/C9H17NO/c1-7(8-3-4-8)10(2)5-9-6-11-9/h7-9H,3-6H2,1-2H3. The van der Waals surface area contributed by atoms with Gasteiger partial charge in [-0.05, 0) is 32.7 Å². The monoisotopic (exact) mass is 155 g/mol. The average molecular weight is 155 g/mol. The maximum Gasteiger partial charge on any atom is 0.0936 e. The molecule has 11 heavy (non-hydrogen) atoms. The minimum absolute atomic E-state index is 0.557. The van der Waals surface area contributed by atoms with Gasteiger partial charge < -0.3 is 9.64 Å². The first-order valence-corrected chi connectivity index (χ1v) is 4.59.